The summed E-state index contributed by atoms with van der Waals surface area (Å²) < 4.78 is 0. The average Bonchev–Trinajstić information content (AvgIpc) is 2.20. The highest BCUT2D eigenvalue weighted by atomic mass is 16.3. The van der Waals surface area contributed by atoms with Crippen molar-refractivity contribution in [3.8, 4) is 22.9 Å². The normalized spacial score (nSPS) is 10.2. The van der Waals surface area contributed by atoms with Crippen LogP contribution in [0, 0.1) is 0 Å². The molecule has 6 nitrogen and oxygen atoms in total. The SMILES string of the molecule is Nc1cc(=O)[nH]c(-c2ccc(O)c(O)c2)n1. The summed E-state index contributed by atoms with van der Waals surface area (Å²) in [5.41, 5.74) is 5.50. The molecule has 2 rings (SSSR count). The fraction of sp³-hybridized carbons (Fsp3) is 0. The number of benzene rings is 1. The standard InChI is InChI=1S/C10H9N3O3/c11-8-4-9(16)13-10(12-8)5-1-2-6(14)7(15)3-5/h1-4,14-15H,(H3,11,12,13,16). The monoisotopic (exact) mass is 219 g/mol. The maximum atomic E-state index is 11.1. The lowest BCUT2D eigenvalue weighted by molar-refractivity contribution is 0.404. The predicted molar refractivity (Wildman–Crippen MR) is 58.0 cm³/mol. The molecule has 0 fully saturated rings. The summed E-state index contributed by atoms with van der Waals surface area (Å²) in [7, 11) is 0. The number of nitrogen functional groups attached to an aromatic ring is 1. The second-order valence-corrected chi connectivity index (χ2v) is 3.22. The number of nitrogens with two attached hydrogens (primary N) is 1. The van der Waals surface area contributed by atoms with Crippen LogP contribution in [0.4, 0.5) is 5.82 Å². The first-order valence-electron chi connectivity index (χ1n) is 4.45. The fourth-order valence-electron chi connectivity index (χ4n) is 1.28. The highest BCUT2D eigenvalue weighted by molar-refractivity contribution is 5.61. The summed E-state index contributed by atoms with van der Waals surface area (Å²) >= 11 is 0. The molecule has 0 bridgehead atoms. The molecule has 1 aromatic carbocycles. The zero-order chi connectivity index (χ0) is 11.7. The summed E-state index contributed by atoms with van der Waals surface area (Å²) in [5, 5.41) is 18.4. The van der Waals surface area contributed by atoms with Crippen LogP contribution < -0.4 is 11.3 Å². The molecule has 16 heavy (non-hydrogen) atoms. The third-order valence-corrected chi connectivity index (χ3v) is 2.01. The van der Waals surface area contributed by atoms with E-state index >= 15 is 0 Å². The molecule has 0 atom stereocenters. The second kappa shape index (κ2) is 3.58. The smallest absolute Gasteiger partial charge is 0.253 e. The third-order valence-electron chi connectivity index (χ3n) is 2.01. The molecule has 0 amide bonds. The van der Waals surface area contributed by atoms with Gasteiger partial charge >= 0.3 is 0 Å². The summed E-state index contributed by atoms with van der Waals surface area (Å²) in [5.74, 6) is -0.204. The molecule has 0 aliphatic heterocycles. The fourth-order valence-corrected chi connectivity index (χ4v) is 1.28. The van der Waals surface area contributed by atoms with Crippen molar-refractivity contribution in [3.63, 3.8) is 0 Å². The molecule has 0 saturated heterocycles. The lowest BCUT2D eigenvalue weighted by Crippen LogP contribution is -2.09. The van der Waals surface area contributed by atoms with E-state index in [0.29, 0.717) is 5.56 Å². The second-order valence-electron chi connectivity index (χ2n) is 3.22. The van der Waals surface area contributed by atoms with Gasteiger partial charge in [-0.15, -0.1) is 0 Å². The molecule has 0 aliphatic rings. The topological polar surface area (TPSA) is 112 Å². The molecule has 1 heterocycles. The highest BCUT2D eigenvalue weighted by Crippen LogP contribution is 2.28. The molecule has 82 valence electrons. The van der Waals surface area contributed by atoms with Gasteiger partial charge in [0, 0.05) is 11.6 Å². The van der Waals surface area contributed by atoms with Crippen LogP contribution >= 0.6 is 0 Å². The van der Waals surface area contributed by atoms with Crippen LogP contribution in [-0.2, 0) is 0 Å². The van der Waals surface area contributed by atoms with Gasteiger partial charge in [-0.2, -0.15) is 0 Å². The molecule has 0 spiro atoms. The first kappa shape index (κ1) is 10.0. The maximum absolute atomic E-state index is 11.1. The van der Waals surface area contributed by atoms with Crippen LogP contribution in [0.25, 0.3) is 11.4 Å². The first-order valence-corrected chi connectivity index (χ1v) is 4.45. The number of hydrogen-bond acceptors (Lipinski definition) is 5. The Hall–Kier alpha value is -2.50. The van der Waals surface area contributed by atoms with Gasteiger partial charge in [-0.1, -0.05) is 0 Å². The average molecular weight is 219 g/mol. The summed E-state index contributed by atoms with van der Waals surface area (Å²) in [6, 6.07) is 5.25. The third kappa shape index (κ3) is 1.81. The molecule has 0 aliphatic carbocycles. The Morgan fingerprint density at radius 3 is 2.56 bits per heavy atom. The molecule has 5 N–H and O–H groups in total. The quantitative estimate of drug-likeness (QED) is 0.519. The van der Waals surface area contributed by atoms with Crippen molar-refractivity contribution in [1.82, 2.24) is 9.97 Å². The maximum Gasteiger partial charge on any atom is 0.253 e. The van der Waals surface area contributed by atoms with Gasteiger partial charge in [-0.05, 0) is 18.2 Å². The lowest BCUT2D eigenvalue weighted by atomic mass is 10.2. The highest BCUT2D eigenvalue weighted by Gasteiger charge is 2.05. The summed E-state index contributed by atoms with van der Waals surface area (Å²) in [4.78, 5) is 17.5. The van der Waals surface area contributed by atoms with E-state index in [2.05, 4.69) is 9.97 Å². The number of anilines is 1. The molecule has 6 heteroatoms. The summed E-state index contributed by atoms with van der Waals surface area (Å²) in [6.45, 7) is 0. The zero-order valence-corrected chi connectivity index (χ0v) is 8.14. The van der Waals surface area contributed by atoms with Crippen LogP contribution in [0.2, 0.25) is 0 Å². The minimum absolute atomic E-state index is 0.0892. The predicted octanol–water partition coefficient (Wildman–Crippen LogP) is 0.430. The molecule has 0 radical (unpaired) electrons. The number of nitrogens with one attached hydrogen (secondary N) is 1. The Bertz CT molecular complexity index is 592. The van der Waals surface area contributed by atoms with Crippen molar-refractivity contribution in [3.05, 3.63) is 34.6 Å². The van der Waals surface area contributed by atoms with Crippen LogP contribution in [0.1, 0.15) is 0 Å². The molecular weight excluding hydrogens is 210 g/mol. The zero-order valence-electron chi connectivity index (χ0n) is 8.14. The Morgan fingerprint density at radius 1 is 1.19 bits per heavy atom. The Labute approximate surface area is 90.0 Å². The van der Waals surface area contributed by atoms with Gasteiger partial charge in [-0.3, -0.25) is 4.79 Å². The van der Waals surface area contributed by atoms with Gasteiger partial charge in [0.2, 0.25) is 0 Å². The van der Waals surface area contributed by atoms with Crippen LogP contribution in [0.3, 0.4) is 0 Å². The van der Waals surface area contributed by atoms with Gasteiger partial charge in [0.05, 0.1) is 0 Å². The van der Waals surface area contributed by atoms with Crippen molar-refractivity contribution in [2.45, 2.75) is 0 Å². The van der Waals surface area contributed by atoms with E-state index in [-0.39, 0.29) is 28.7 Å². The molecule has 0 unspecified atom stereocenters. The van der Waals surface area contributed by atoms with Gasteiger partial charge in [0.1, 0.15) is 11.6 Å². The van der Waals surface area contributed by atoms with E-state index in [1.165, 1.54) is 18.2 Å². The van der Waals surface area contributed by atoms with Crippen molar-refractivity contribution in [1.29, 1.82) is 0 Å². The van der Waals surface area contributed by atoms with E-state index < -0.39 is 0 Å². The summed E-state index contributed by atoms with van der Waals surface area (Å²) in [6.07, 6.45) is 0. The van der Waals surface area contributed by atoms with Gasteiger partial charge < -0.3 is 20.9 Å². The largest absolute Gasteiger partial charge is 0.504 e. The van der Waals surface area contributed by atoms with E-state index in [1.54, 1.807) is 0 Å². The van der Waals surface area contributed by atoms with Crippen LogP contribution in [0.5, 0.6) is 11.5 Å². The number of phenols is 2. The van der Waals surface area contributed by atoms with E-state index in [1.807, 2.05) is 0 Å². The number of aromatic hydroxyl groups is 2. The van der Waals surface area contributed by atoms with Crippen LogP contribution in [-0.4, -0.2) is 20.2 Å². The minimum Gasteiger partial charge on any atom is -0.504 e. The molecule has 1 aromatic heterocycles. The Morgan fingerprint density at radius 2 is 1.94 bits per heavy atom. The number of aromatic nitrogens is 2. The van der Waals surface area contributed by atoms with Crippen molar-refractivity contribution >= 4 is 5.82 Å². The van der Waals surface area contributed by atoms with E-state index in [0.717, 1.165) is 6.07 Å². The Kier molecular flexibility index (Phi) is 2.24. The molecule has 2 aromatic rings. The Balaban J connectivity index is 2.58. The number of phenolic OH excluding ortho intramolecular Hbond substituents is 2. The van der Waals surface area contributed by atoms with Gasteiger partial charge in [0.15, 0.2) is 11.5 Å². The number of aromatic amines is 1. The number of hydrogen-bond donors (Lipinski definition) is 4. The number of H-pyrrole nitrogens is 1. The van der Waals surface area contributed by atoms with E-state index in [4.69, 9.17) is 10.8 Å². The molecule has 0 saturated carbocycles. The molecular formula is C10H9N3O3. The van der Waals surface area contributed by atoms with Crippen LogP contribution in [0.15, 0.2) is 29.1 Å². The van der Waals surface area contributed by atoms with Crippen molar-refractivity contribution in [2.24, 2.45) is 0 Å². The van der Waals surface area contributed by atoms with Crippen molar-refractivity contribution < 1.29 is 10.2 Å². The van der Waals surface area contributed by atoms with Crippen molar-refractivity contribution in [2.75, 3.05) is 5.73 Å². The van der Waals surface area contributed by atoms with Gasteiger partial charge in [-0.25, -0.2) is 4.98 Å². The number of rotatable bonds is 1. The first-order chi connectivity index (χ1) is 7.56. The minimum atomic E-state index is -0.380. The lowest BCUT2D eigenvalue weighted by Gasteiger charge is -2.03. The van der Waals surface area contributed by atoms with Gasteiger partial charge in [0.25, 0.3) is 5.56 Å². The van der Waals surface area contributed by atoms with E-state index in [9.17, 15) is 9.90 Å². The number of nitrogens with zero attached hydrogens (tertiary/aromatic N) is 1.